The molecule has 0 spiro atoms. The molecule has 1 amide bonds. The number of nitrogens with zero attached hydrogens (tertiary/aromatic N) is 2. The molecule has 1 heterocycles. The van der Waals surface area contributed by atoms with Gasteiger partial charge in [-0.15, -0.1) is 0 Å². The highest BCUT2D eigenvalue weighted by atomic mass is 32.2. The van der Waals surface area contributed by atoms with E-state index >= 15 is 0 Å². The topological polar surface area (TPSA) is 87.7 Å². The van der Waals surface area contributed by atoms with E-state index in [9.17, 15) is 9.00 Å². The summed E-state index contributed by atoms with van der Waals surface area (Å²) in [4.78, 5) is 17.9. The summed E-state index contributed by atoms with van der Waals surface area (Å²) in [5.41, 5.74) is 2.75. The first-order chi connectivity index (χ1) is 14.1. The molecular formula is C22H18N4O2S. The second-order valence-corrected chi connectivity index (χ2v) is 7.73. The summed E-state index contributed by atoms with van der Waals surface area (Å²) < 4.78 is 11.5. The number of carbonyl (C=O) groups excluding carboxylic acids is 1. The molecule has 1 atom stereocenters. The second-order valence-electron chi connectivity index (χ2n) is 6.35. The van der Waals surface area contributed by atoms with Crippen LogP contribution in [0.5, 0.6) is 0 Å². The summed E-state index contributed by atoms with van der Waals surface area (Å²) >= 11 is 0. The Balaban J connectivity index is 1.60. The predicted octanol–water partition coefficient (Wildman–Crippen LogP) is 4.13. The molecule has 0 aliphatic carbocycles. The van der Waals surface area contributed by atoms with Gasteiger partial charge in [-0.1, -0.05) is 42.5 Å². The van der Waals surface area contributed by atoms with Gasteiger partial charge >= 0.3 is 0 Å². The van der Waals surface area contributed by atoms with Crippen LogP contribution in [0.25, 0.3) is 22.8 Å². The van der Waals surface area contributed by atoms with Gasteiger partial charge in [0.2, 0.25) is 0 Å². The van der Waals surface area contributed by atoms with Crippen LogP contribution in [-0.4, -0.2) is 31.6 Å². The van der Waals surface area contributed by atoms with E-state index in [1.807, 2.05) is 54.6 Å². The van der Waals surface area contributed by atoms with Crippen molar-refractivity contribution in [2.75, 3.05) is 11.6 Å². The SMILES string of the molecule is CS(=O)c1ccc(C(=O)Nc2ccccc2-c2nc(-c3ccccc3)n[nH]2)cc1. The van der Waals surface area contributed by atoms with Crippen molar-refractivity contribution in [1.29, 1.82) is 0 Å². The number of anilines is 1. The fourth-order valence-corrected chi connectivity index (χ4v) is 3.41. The molecule has 2 N–H and O–H groups in total. The molecule has 0 radical (unpaired) electrons. The lowest BCUT2D eigenvalue weighted by Crippen LogP contribution is -2.12. The van der Waals surface area contributed by atoms with Crippen molar-refractivity contribution in [3.05, 3.63) is 84.4 Å². The Labute approximate surface area is 170 Å². The number of H-pyrrole nitrogens is 1. The van der Waals surface area contributed by atoms with E-state index in [0.717, 1.165) is 11.1 Å². The lowest BCUT2D eigenvalue weighted by atomic mass is 10.1. The number of benzene rings is 3. The van der Waals surface area contributed by atoms with Gasteiger partial charge in [-0.3, -0.25) is 14.1 Å². The third-order valence-corrected chi connectivity index (χ3v) is 5.33. The van der Waals surface area contributed by atoms with Gasteiger partial charge in [0.15, 0.2) is 11.6 Å². The van der Waals surface area contributed by atoms with E-state index in [2.05, 4.69) is 20.5 Å². The molecule has 0 aliphatic rings. The van der Waals surface area contributed by atoms with Gasteiger partial charge in [0.1, 0.15) is 0 Å². The Morgan fingerprint density at radius 2 is 1.62 bits per heavy atom. The van der Waals surface area contributed by atoms with E-state index in [-0.39, 0.29) is 5.91 Å². The first-order valence-corrected chi connectivity index (χ1v) is 10.5. The standard InChI is InChI=1S/C22H18N4O2S/c1-29(28)17-13-11-16(12-14-17)22(27)23-19-10-6-5-9-18(19)21-24-20(25-26-21)15-7-3-2-4-8-15/h2-14H,1H3,(H,23,27)(H,24,25,26). The normalized spacial score (nSPS) is 11.8. The number of amides is 1. The fraction of sp³-hybridized carbons (Fsp3) is 0.0455. The van der Waals surface area contributed by atoms with Crippen LogP contribution in [0, 0.1) is 0 Å². The zero-order valence-corrected chi connectivity index (χ0v) is 16.4. The predicted molar refractivity (Wildman–Crippen MR) is 114 cm³/mol. The summed E-state index contributed by atoms with van der Waals surface area (Å²) in [5.74, 6) is 0.898. The molecule has 3 aromatic carbocycles. The minimum Gasteiger partial charge on any atom is -0.321 e. The van der Waals surface area contributed by atoms with Crippen LogP contribution >= 0.6 is 0 Å². The molecule has 4 aromatic rings. The Kier molecular flexibility index (Phi) is 5.31. The summed E-state index contributed by atoms with van der Waals surface area (Å²) in [7, 11) is -1.08. The Morgan fingerprint density at radius 3 is 2.34 bits per heavy atom. The Morgan fingerprint density at radius 1 is 0.931 bits per heavy atom. The molecular weight excluding hydrogens is 384 g/mol. The van der Waals surface area contributed by atoms with Gasteiger partial charge in [-0.25, -0.2) is 4.98 Å². The highest BCUT2D eigenvalue weighted by Gasteiger charge is 2.14. The summed E-state index contributed by atoms with van der Waals surface area (Å²) in [6, 6.07) is 23.8. The summed E-state index contributed by atoms with van der Waals surface area (Å²) in [5, 5.41) is 10.2. The summed E-state index contributed by atoms with van der Waals surface area (Å²) in [6.45, 7) is 0. The van der Waals surface area contributed by atoms with E-state index in [4.69, 9.17) is 0 Å². The lowest BCUT2D eigenvalue weighted by Gasteiger charge is -2.09. The van der Waals surface area contributed by atoms with Crippen molar-refractivity contribution in [3.63, 3.8) is 0 Å². The van der Waals surface area contributed by atoms with Crippen LogP contribution in [0.2, 0.25) is 0 Å². The number of nitrogens with one attached hydrogen (secondary N) is 2. The number of para-hydroxylation sites is 1. The van der Waals surface area contributed by atoms with Gasteiger partial charge in [0, 0.05) is 38.6 Å². The first-order valence-electron chi connectivity index (χ1n) is 8.94. The molecule has 1 aromatic heterocycles. The van der Waals surface area contributed by atoms with E-state index in [1.165, 1.54) is 0 Å². The van der Waals surface area contributed by atoms with E-state index in [1.54, 1.807) is 30.5 Å². The summed E-state index contributed by atoms with van der Waals surface area (Å²) in [6.07, 6.45) is 1.60. The molecule has 29 heavy (non-hydrogen) atoms. The largest absolute Gasteiger partial charge is 0.321 e. The Hall–Kier alpha value is -3.58. The van der Waals surface area contributed by atoms with Crippen molar-refractivity contribution in [2.24, 2.45) is 0 Å². The molecule has 0 saturated heterocycles. The first kappa shape index (κ1) is 18.8. The van der Waals surface area contributed by atoms with Crippen molar-refractivity contribution >= 4 is 22.4 Å². The average Bonchev–Trinajstić information content (AvgIpc) is 3.25. The fourth-order valence-electron chi connectivity index (χ4n) is 2.89. The van der Waals surface area contributed by atoms with Gasteiger partial charge in [-0.2, -0.15) is 5.10 Å². The number of hydrogen-bond acceptors (Lipinski definition) is 4. The molecule has 1 unspecified atom stereocenters. The van der Waals surface area contributed by atoms with Crippen LogP contribution in [0.3, 0.4) is 0 Å². The van der Waals surface area contributed by atoms with Crippen LogP contribution < -0.4 is 5.32 Å². The quantitative estimate of drug-likeness (QED) is 0.525. The molecule has 0 bridgehead atoms. The minimum absolute atomic E-state index is 0.256. The highest BCUT2D eigenvalue weighted by molar-refractivity contribution is 7.84. The Bertz CT molecular complexity index is 1170. The van der Waals surface area contributed by atoms with Gasteiger partial charge in [0.25, 0.3) is 5.91 Å². The van der Waals surface area contributed by atoms with Crippen LogP contribution in [0.15, 0.2) is 83.8 Å². The molecule has 0 saturated carbocycles. The van der Waals surface area contributed by atoms with Crippen LogP contribution in [0.4, 0.5) is 5.69 Å². The average molecular weight is 402 g/mol. The third-order valence-electron chi connectivity index (χ3n) is 4.40. The zero-order chi connectivity index (χ0) is 20.2. The van der Waals surface area contributed by atoms with Crippen molar-refractivity contribution < 1.29 is 9.00 Å². The van der Waals surface area contributed by atoms with E-state index < -0.39 is 10.8 Å². The molecule has 0 aliphatic heterocycles. The van der Waals surface area contributed by atoms with Crippen LogP contribution in [-0.2, 0) is 10.8 Å². The smallest absolute Gasteiger partial charge is 0.255 e. The van der Waals surface area contributed by atoms with Crippen molar-refractivity contribution in [3.8, 4) is 22.8 Å². The molecule has 6 nitrogen and oxygen atoms in total. The minimum atomic E-state index is -1.08. The molecule has 4 rings (SSSR count). The molecule has 7 heteroatoms. The monoisotopic (exact) mass is 402 g/mol. The molecule has 0 fully saturated rings. The lowest BCUT2D eigenvalue weighted by molar-refractivity contribution is 0.102. The highest BCUT2D eigenvalue weighted by Crippen LogP contribution is 2.27. The zero-order valence-electron chi connectivity index (χ0n) is 15.6. The number of aromatic amines is 1. The number of hydrogen-bond donors (Lipinski definition) is 2. The second kappa shape index (κ2) is 8.20. The molecule has 144 valence electrons. The maximum absolute atomic E-state index is 12.7. The maximum Gasteiger partial charge on any atom is 0.255 e. The number of carbonyl (C=O) groups is 1. The van der Waals surface area contributed by atoms with Gasteiger partial charge in [0.05, 0.1) is 5.69 Å². The maximum atomic E-state index is 12.7. The van der Waals surface area contributed by atoms with Crippen molar-refractivity contribution in [2.45, 2.75) is 4.90 Å². The van der Waals surface area contributed by atoms with Gasteiger partial charge in [-0.05, 0) is 36.4 Å². The van der Waals surface area contributed by atoms with E-state index in [0.29, 0.717) is 27.8 Å². The number of rotatable bonds is 5. The van der Waals surface area contributed by atoms with Gasteiger partial charge < -0.3 is 5.32 Å². The third kappa shape index (κ3) is 4.14. The van der Waals surface area contributed by atoms with Crippen molar-refractivity contribution in [1.82, 2.24) is 15.2 Å². The number of aromatic nitrogens is 3. The van der Waals surface area contributed by atoms with Crippen LogP contribution in [0.1, 0.15) is 10.4 Å².